The maximum absolute atomic E-state index is 10.5. The topological polar surface area (TPSA) is 63.3 Å². The summed E-state index contributed by atoms with van der Waals surface area (Å²) in [5.74, 6) is -0.687. The van der Waals surface area contributed by atoms with Crippen LogP contribution in [0.15, 0.2) is 24.3 Å². The van der Waals surface area contributed by atoms with E-state index in [0.717, 1.165) is 0 Å². The van der Waals surface area contributed by atoms with E-state index in [-0.39, 0.29) is 11.3 Å². The van der Waals surface area contributed by atoms with E-state index in [2.05, 4.69) is 0 Å². The van der Waals surface area contributed by atoms with Crippen LogP contribution in [0.3, 0.4) is 0 Å². The predicted molar refractivity (Wildman–Crippen MR) is 48.0 cm³/mol. The molecule has 3 nitrogen and oxygen atoms in total. The third-order valence-electron chi connectivity index (χ3n) is 1.17. The lowest BCUT2D eigenvalue weighted by Gasteiger charge is -1.96. The van der Waals surface area contributed by atoms with Gasteiger partial charge in [0.1, 0.15) is 5.75 Å². The van der Waals surface area contributed by atoms with Gasteiger partial charge >= 0.3 is 0 Å². The molecule has 3 N–H and O–H groups in total. The maximum atomic E-state index is 10.5. The molecule has 0 aromatic heterocycles. The number of aromatic hydroxyl groups is 1. The smallest absolute Gasteiger partial charge is 0.252 e. The predicted octanol–water partition coefficient (Wildman–Crippen LogP) is 1.52. The van der Waals surface area contributed by atoms with Crippen molar-refractivity contribution in [2.75, 3.05) is 0 Å². The van der Waals surface area contributed by atoms with Crippen molar-refractivity contribution in [3.05, 3.63) is 29.8 Å². The van der Waals surface area contributed by atoms with E-state index < -0.39 is 5.91 Å². The number of rotatable bonds is 1. The fourth-order valence-corrected chi connectivity index (χ4v) is 0.682. The Kier molecular flexibility index (Phi) is 4.53. The Morgan fingerprint density at radius 1 is 1.33 bits per heavy atom. The van der Waals surface area contributed by atoms with Gasteiger partial charge in [-0.25, -0.2) is 0 Å². The van der Waals surface area contributed by atoms with Crippen LogP contribution in [0.4, 0.5) is 0 Å². The molecular formula is C9H13NO2. The Morgan fingerprint density at radius 2 is 1.83 bits per heavy atom. The molecule has 12 heavy (non-hydrogen) atoms. The second-order valence-electron chi connectivity index (χ2n) is 1.88. The van der Waals surface area contributed by atoms with Gasteiger partial charge in [0.15, 0.2) is 0 Å². The SMILES string of the molecule is CC.NC(=O)c1ccccc1O. The van der Waals surface area contributed by atoms with Crippen molar-refractivity contribution in [3.8, 4) is 5.75 Å². The first-order chi connectivity index (χ1) is 5.72. The monoisotopic (exact) mass is 167 g/mol. The van der Waals surface area contributed by atoms with Crippen LogP contribution in [0.2, 0.25) is 0 Å². The van der Waals surface area contributed by atoms with Crippen LogP contribution in [0.5, 0.6) is 5.75 Å². The number of phenols is 1. The summed E-state index contributed by atoms with van der Waals surface area (Å²) in [5.41, 5.74) is 5.07. The number of nitrogens with two attached hydrogens (primary N) is 1. The Labute approximate surface area is 71.8 Å². The minimum atomic E-state index is -0.613. The molecule has 0 radical (unpaired) electrons. The molecule has 0 aliphatic rings. The summed E-state index contributed by atoms with van der Waals surface area (Å²) >= 11 is 0. The number of benzene rings is 1. The molecule has 0 saturated heterocycles. The standard InChI is InChI=1S/C7H7NO2.C2H6/c8-7(10)5-3-1-2-4-6(5)9;1-2/h1-4,9H,(H2,8,10);1-2H3. The van der Waals surface area contributed by atoms with Crippen molar-refractivity contribution in [1.82, 2.24) is 0 Å². The van der Waals surface area contributed by atoms with Crippen molar-refractivity contribution in [1.29, 1.82) is 0 Å². The Hall–Kier alpha value is -1.51. The summed E-state index contributed by atoms with van der Waals surface area (Å²) in [7, 11) is 0. The van der Waals surface area contributed by atoms with Gasteiger partial charge in [0.25, 0.3) is 5.91 Å². The molecule has 0 unspecified atom stereocenters. The fraction of sp³-hybridized carbons (Fsp3) is 0.222. The summed E-state index contributed by atoms with van der Waals surface area (Å²) in [4.78, 5) is 10.5. The summed E-state index contributed by atoms with van der Waals surface area (Å²) in [6, 6.07) is 6.15. The molecule has 0 bridgehead atoms. The van der Waals surface area contributed by atoms with Crippen LogP contribution in [-0.4, -0.2) is 11.0 Å². The van der Waals surface area contributed by atoms with Crippen molar-refractivity contribution >= 4 is 5.91 Å². The summed E-state index contributed by atoms with van der Waals surface area (Å²) in [6.07, 6.45) is 0. The van der Waals surface area contributed by atoms with Gasteiger partial charge in [0, 0.05) is 0 Å². The normalized spacial score (nSPS) is 8.17. The third-order valence-corrected chi connectivity index (χ3v) is 1.17. The second-order valence-corrected chi connectivity index (χ2v) is 1.88. The van der Waals surface area contributed by atoms with Gasteiger partial charge in [-0.1, -0.05) is 26.0 Å². The Bertz CT molecular complexity index is 258. The highest BCUT2D eigenvalue weighted by Crippen LogP contribution is 2.13. The largest absolute Gasteiger partial charge is 0.507 e. The van der Waals surface area contributed by atoms with E-state index in [1.54, 1.807) is 12.1 Å². The van der Waals surface area contributed by atoms with Crippen LogP contribution in [0.1, 0.15) is 24.2 Å². The van der Waals surface area contributed by atoms with Gasteiger partial charge in [-0.15, -0.1) is 0 Å². The molecule has 0 fully saturated rings. The second kappa shape index (κ2) is 5.18. The van der Waals surface area contributed by atoms with E-state index in [4.69, 9.17) is 10.8 Å². The molecule has 0 aliphatic heterocycles. The summed E-state index contributed by atoms with van der Waals surface area (Å²) in [5, 5.41) is 8.98. The van der Waals surface area contributed by atoms with Crippen LogP contribution < -0.4 is 5.73 Å². The van der Waals surface area contributed by atoms with E-state index in [9.17, 15) is 4.79 Å². The van der Waals surface area contributed by atoms with E-state index in [0.29, 0.717) is 0 Å². The molecule has 0 saturated carbocycles. The first kappa shape index (κ1) is 10.5. The number of hydrogen-bond acceptors (Lipinski definition) is 2. The van der Waals surface area contributed by atoms with Crippen LogP contribution in [0.25, 0.3) is 0 Å². The van der Waals surface area contributed by atoms with Crippen molar-refractivity contribution in [3.63, 3.8) is 0 Å². The van der Waals surface area contributed by atoms with E-state index in [1.807, 2.05) is 13.8 Å². The fourth-order valence-electron chi connectivity index (χ4n) is 0.682. The lowest BCUT2D eigenvalue weighted by Crippen LogP contribution is -2.10. The van der Waals surface area contributed by atoms with Gasteiger partial charge in [-0.05, 0) is 12.1 Å². The molecule has 1 aromatic rings. The number of hydrogen-bond donors (Lipinski definition) is 2. The molecule has 1 aromatic carbocycles. The quantitative estimate of drug-likeness (QED) is 0.666. The molecule has 66 valence electrons. The minimum absolute atomic E-state index is 0.0741. The van der Waals surface area contributed by atoms with Crippen molar-refractivity contribution in [2.45, 2.75) is 13.8 Å². The molecular weight excluding hydrogens is 154 g/mol. The van der Waals surface area contributed by atoms with Gasteiger partial charge in [-0.2, -0.15) is 0 Å². The van der Waals surface area contributed by atoms with Gasteiger partial charge in [-0.3, -0.25) is 4.79 Å². The van der Waals surface area contributed by atoms with Gasteiger partial charge in [0.05, 0.1) is 5.56 Å². The lowest BCUT2D eigenvalue weighted by molar-refractivity contribution is 0.0998. The zero-order valence-electron chi connectivity index (χ0n) is 7.24. The van der Waals surface area contributed by atoms with Gasteiger partial charge < -0.3 is 10.8 Å². The van der Waals surface area contributed by atoms with Crippen molar-refractivity contribution < 1.29 is 9.90 Å². The van der Waals surface area contributed by atoms with Crippen LogP contribution >= 0.6 is 0 Å². The molecule has 0 spiro atoms. The highest BCUT2D eigenvalue weighted by Gasteiger charge is 2.03. The molecule has 3 heteroatoms. The molecule has 0 atom stereocenters. The zero-order chi connectivity index (χ0) is 9.56. The molecule has 0 aliphatic carbocycles. The average Bonchev–Trinajstić information content (AvgIpc) is 2.08. The Morgan fingerprint density at radius 3 is 2.17 bits per heavy atom. The molecule has 1 amide bonds. The van der Waals surface area contributed by atoms with Crippen LogP contribution in [0, 0.1) is 0 Å². The average molecular weight is 167 g/mol. The summed E-state index contributed by atoms with van der Waals surface area (Å²) < 4.78 is 0. The number of primary amides is 1. The number of amides is 1. The molecule has 1 rings (SSSR count). The number of para-hydroxylation sites is 1. The lowest BCUT2D eigenvalue weighted by atomic mass is 10.2. The minimum Gasteiger partial charge on any atom is -0.507 e. The first-order valence-corrected chi connectivity index (χ1v) is 3.79. The first-order valence-electron chi connectivity index (χ1n) is 3.79. The van der Waals surface area contributed by atoms with E-state index in [1.165, 1.54) is 12.1 Å². The van der Waals surface area contributed by atoms with Crippen LogP contribution in [-0.2, 0) is 0 Å². The van der Waals surface area contributed by atoms with E-state index >= 15 is 0 Å². The maximum Gasteiger partial charge on any atom is 0.252 e. The molecule has 0 heterocycles. The van der Waals surface area contributed by atoms with Crippen molar-refractivity contribution in [2.24, 2.45) is 5.73 Å². The summed E-state index contributed by atoms with van der Waals surface area (Å²) in [6.45, 7) is 4.00. The number of carbonyl (C=O) groups is 1. The third kappa shape index (κ3) is 2.62. The Balaban J connectivity index is 0.000000561. The van der Waals surface area contributed by atoms with Gasteiger partial charge in [0.2, 0.25) is 0 Å². The highest BCUT2D eigenvalue weighted by molar-refractivity contribution is 5.95. The highest BCUT2D eigenvalue weighted by atomic mass is 16.3. The zero-order valence-corrected chi connectivity index (χ0v) is 7.24. The number of carbonyl (C=O) groups excluding carboxylic acids is 1.